The Kier molecular flexibility index (Phi) is 3.73. The molecule has 4 nitrogen and oxygen atoms in total. The van der Waals surface area contributed by atoms with Crippen molar-refractivity contribution >= 4 is 5.91 Å². The van der Waals surface area contributed by atoms with Gasteiger partial charge in [0, 0.05) is 25.7 Å². The summed E-state index contributed by atoms with van der Waals surface area (Å²) >= 11 is 0. The zero-order valence-corrected chi connectivity index (χ0v) is 11.3. The third-order valence-corrected chi connectivity index (χ3v) is 4.34. The molecule has 0 radical (unpaired) electrons. The maximum atomic E-state index is 12.6. The van der Waals surface area contributed by atoms with E-state index in [1.54, 1.807) is 0 Å². The zero-order chi connectivity index (χ0) is 12.5. The van der Waals surface area contributed by atoms with E-state index in [1.807, 2.05) is 4.90 Å². The summed E-state index contributed by atoms with van der Waals surface area (Å²) < 4.78 is 0. The maximum absolute atomic E-state index is 12.6. The number of carbonyl (C=O) groups excluding carboxylic acids is 1. The van der Waals surface area contributed by atoms with Crippen LogP contribution in [0.15, 0.2) is 0 Å². The van der Waals surface area contributed by atoms with Crippen molar-refractivity contribution in [3.63, 3.8) is 0 Å². The van der Waals surface area contributed by atoms with Gasteiger partial charge in [0.25, 0.3) is 0 Å². The smallest absolute Gasteiger partial charge is 0.242 e. The molecule has 0 aromatic rings. The van der Waals surface area contributed by atoms with Crippen LogP contribution in [0.3, 0.4) is 0 Å². The second kappa shape index (κ2) is 4.94. The molecule has 2 atom stereocenters. The zero-order valence-electron chi connectivity index (χ0n) is 11.3. The van der Waals surface area contributed by atoms with E-state index in [0.717, 1.165) is 32.6 Å². The van der Waals surface area contributed by atoms with Crippen LogP contribution in [0.5, 0.6) is 0 Å². The average molecular weight is 239 g/mol. The Morgan fingerprint density at radius 2 is 2.12 bits per heavy atom. The second-order valence-corrected chi connectivity index (χ2v) is 5.80. The van der Waals surface area contributed by atoms with Crippen molar-refractivity contribution in [1.29, 1.82) is 0 Å². The minimum Gasteiger partial charge on any atom is -0.338 e. The fourth-order valence-corrected chi connectivity index (χ4v) is 2.82. The third-order valence-electron chi connectivity index (χ3n) is 4.34. The number of amides is 1. The summed E-state index contributed by atoms with van der Waals surface area (Å²) in [4.78, 5) is 16.9. The maximum Gasteiger partial charge on any atom is 0.242 e. The van der Waals surface area contributed by atoms with Gasteiger partial charge in [-0.25, -0.2) is 0 Å². The minimum atomic E-state index is -0.312. The quantitative estimate of drug-likeness (QED) is 0.731. The predicted octanol–water partition coefficient (Wildman–Crippen LogP) is 0.681. The molecule has 2 heterocycles. The van der Waals surface area contributed by atoms with E-state index >= 15 is 0 Å². The molecular weight excluding hydrogens is 214 g/mol. The van der Waals surface area contributed by atoms with Gasteiger partial charge >= 0.3 is 0 Å². The van der Waals surface area contributed by atoms with Gasteiger partial charge in [-0.3, -0.25) is 4.79 Å². The Labute approximate surface area is 104 Å². The number of nitrogens with one attached hydrogen (secondary N) is 1. The van der Waals surface area contributed by atoms with E-state index in [1.165, 1.54) is 12.8 Å². The molecule has 2 rings (SSSR count). The van der Waals surface area contributed by atoms with E-state index in [2.05, 4.69) is 31.1 Å². The lowest BCUT2D eigenvalue weighted by atomic mass is 9.89. The van der Waals surface area contributed by atoms with Gasteiger partial charge in [-0.1, -0.05) is 0 Å². The molecule has 0 bridgehead atoms. The lowest BCUT2D eigenvalue weighted by Crippen LogP contribution is -2.62. The fourth-order valence-electron chi connectivity index (χ4n) is 2.82. The molecule has 2 fully saturated rings. The van der Waals surface area contributed by atoms with Gasteiger partial charge in [-0.2, -0.15) is 0 Å². The molecule has 17 heavy (non-hydrogen) atoms. The van der Waals surface area contributed by atoms with Crippen molar-refractivity contribution in [1.82, 2.24) is 15.1 Å². The van der Waals surface area contributed by atoms with Gasteiger partial charge in [0.1, 0.15) is 0 Å². The topological polar surface area (TPSA) is 35.6 Å². The molecular formula is C13H25N3O. The van der Waals surface area contributed by atoms with Crippen LogP contribution in [-0.2, 0) is 4.79 Å². The number of likely N-dealkylation sites (N-methyl/N-ethyl adjacent to an activating group) is 1. The molecule has 0 aliphatic carbocycles. The van der Waals surface area contributed by atoms with Gasteiger partial charge in [0.05, 0.1) is 5.54 Å². The standard InChI is InChI=1S/C13H25N3O/c1-11-10-16(9-8-15(11)3)12(17)13(2)6-4-5-7-14-13/h11,14H,4-10H2,1-3H3. The van der Waals surface area contributed by atoms with Crippen LogP contribution in [0.4, 0.5) is 0 Å². The van der Waals surface area contributed by atoms with Crippen molar-refractivity contribution in [3.8, 4) is 0 Å². The first-order chi connectivity index (χ1) is 8.03. The highest BCUT2D eigenvalue weighted by Gasteiger charge is 2.38. The van der Waals surface area contributed by atoms with Gasteiger partial charge in [0.15, 0.2) is 0 Å². The van der Waals surface area contributed by atoms with Crippen LogP contribution < -0.4 is 5.32 Å². The van der Waals surface area contributed by atoms with Crippen molar-refractivity contribution in [2.45, 2.75) is 44.7 Å². The Balaban J connectivity index is 1.99. The highest BCUT2D eigenvalue weighted by atomic mass is 16.2. The summed E-state index contributed by atoms with van der Waals surface area (Å²) in [7, 11) is 2.13. The van der Waals surface area contributed by atoms with E-state index in [0.29, 0.717) is 11.9 Å². The van der Waals surface area contributed by atoms with E-state index in [9.17, 15) is 4.79 Å². The monoisotopic (exact) mass is 239 g/mol. The number of rotatable bonds is 1. The van der Waals surface area contributed by atoms with Crippen LogP contribution in [0.2, 0.25) is 0 Å². The fraction of sp³-hybridized carbons (Fsp3) is 0.923. The highest BCUT2D eigenvalue weighted by Crippen LogP contribution is 2.22. The Hall–Kier alpha value is -0.610. The Morgan fingerprint density at radius 1 is 1.35 bits per heavy atom. The Morgan fingerprint density at radius 3 is 2.71 bits per heavy atom. The normalized spacial score (nSPS) is 35.9. The molecule has 2 aliphatic rings. The van der Waals surface area contributed by atoms with E-state index in [4.69, 9.17) is 0 Å². The van der Waals surface area contributed by atoms with Crippen LogP contribution in [0.1, 0.15) is 33.1 Å². The summed E-state index contributed by atoms with van der Waals surface area (Å²) in [6.45, 7) is 7.96. The number of piperazine rings is 1. The molecule has 0 spiro atoms. The molecule has 0 aromatic carbocycles. The molecule has 2 unspecified atom stereocenters. The molecule has 98 valence electrons. The first-order valence-corrected chi connectivity index (χ1v) is 6.77. The number of carbonyl (C=O) groups is 1. The third kappa shape index (κ3) is 2.63. The van der Waals surface area contributed by atoms with Gasteiger partial charge in [-0.15, -0.1) is 0 Å². The van der Waals surface area contributed by atoms with Crippen LogP contribution in [-0.4, -0.2) is 60.5 Å². The van der Waals surface area contributed by atoms with Crippen molar-refractivity contribution in [2.75, 3.05) is 33.2 Å². The number of hydrogen-bond donors (Lipinski definition) is 1. The van der Waals surface area contributed by atoms with Crippen molar-refractivity contribution in [3.05, 3.63) is 0 Å². The summed E-state index contributed by atoms with van der Waals surface area (Å²) in [5, 5.41) is 3.41. The highest BCUT2D eigenvalue weighted by molar-refractivity contribution is 5.86. The first kappa shape index (κ1) is 12.8. The lowest BCUT2D eigenvalue weighted by molar-refractivity contribution is -0.141. The molecule has 2 saturated heterocycles. The summed E-state index contributed by atoms with van der Waals surface area (Å²) in [5.74, 6) is 0.303. The van der Waals surface area contributed by atoms with Gasteiger partial charge in [0.2, 0.25) is 5.91 Å². The Bertz CT molecular complexity index is 286. The second-order valence-electron chi connectivity index (χ2n) is 5.80. The van der Waals surface area contributed by atoms with E-state index < -0.39 is 0 Å². The summed E-state index contributed by atoms with van der Waals surface area (Å²) in [6, 6.07) is 0.472. The van der Waals surface area contributed by atoms with Crippen LogP contribution >= 0.6 is 0 Å². The molecule has 0 aromatic heterocycles. The molecule has 0 saturated carbocycles. The molecule has 1 amide bonds. The molecule has 4 heteroatoms. The van der Waals surface area contributed by atoms with Gasteiger partial charge in [-0.05, 0) is 46.7 Å². The number of piperidine rings is 1. The van der Waals surface area contributed by atoms with Crippen LogP contribution in [0, 0.1) is 0 Å². The first-order valence-electron chi connectivity index (χ1n) is 6.77. The van der Waals surface area contributed by atoms with Crippen LogP contribution in [0.25, 0.3) is 0 Å². The summed E-state index contributed by atoms with van der Waals surface area (Å²) in [5.41, 5.74) is -0.312. The van der Waals surface area contributed by atoms with Crippen molar-refractivity contribution in [2.24, 2.45) is 0 Å². The van der Waals surface area contributed by atoms with E-state index in [-0.39, 0.29) is 5.54 Å². The lowest BCUT2D eigenvalue weighted by Gasteiger charge is -2.43. The predicted molar refractivity (Wildman–Crippen MR) is 68.9 cm³/mol. The average Bonchev–Trinajstić information content (AvgIpc) is 2.33. The number of nitrogens with zero attached hydrogens (tertiary/aromatic N) is 2. The molecule has 2 aliphatic heterocycles. The largest absolute Gasteiger partial charge is 0.338 e. The number of hydrogen-bond acceptors (Lipinski definition) is 3. The molecule has 1 N–H and O–H groups in total. The minimum absolute atomic E-state index is 0.303. The SMILES string of the molecule is CC1CN(C(=O)C2(C)CCCCN2)CCN1C. The van der Waals surface area contributed by atoms with Crippen molar-refractivity contribution < 1.29 is 4.79 Å². The summed E-state index contributed by atoms with van der Waals surface area (Å²) in [6.07, 6.45) is 3.34. The van der Waals surface area contributed by atoms with Gasteiger partial charge < -0.3 is 15.1 Å².